The van der Waals surface area contributed by atoms with Crippen molar-refractivity contribution in [3.05, 3.63) is 17.7 Å². The van der Waals surface area contributed by atoms with Crippen molar-refractivity contribution in [2.24, 2.45) is 0 Å². The maximum Gasteiger partial charge on any atom is 0.322 e. The summed E-state index contributed by atoms with van der Waals surface area (Å²) in [5.74, 6) is 0.911. The maximum atomic E-state index is 11.4. The zero-order chi connectivity index (χ0) is 13.8. The quantitative estimate of drug-likeness (QED) is 0.780. The van der Waals surface area contributed by atoms with Gasteiger partial charge in [0.1, 0.15) is 11.8 Å². The third-order valence-corrected chi connectivity index (χ3v) is 2.81. The molecule has 0 saturated carbocycles. The number of ether oxygens (including phenoxy) is 3. The van der Waals surface area contributed by atoms with Crippen molar-refractivity contribution in [1.82, 2.24) is 5.32 Å². The Morgan fingerprint density at radius 3 is 2.84 bits per heavy atom. The van der Waals surface area contributed by atoms with Gasteiger partial charge in [0.2, 0.25) is 6.79 Å². The third kappa shape index (κ3) is 3.08. The van der Waals surface area contributed by atoms with Crippen LogP contribution in [-0.4, -0.2) is 30.5 Å². The highest BCUT2D eigenvalue weighted by Crippen LogP contribution is 2.37. The van der Waals surface area contributed by atoms with Crippen molar-refractivity contribution in [2.75, 3.05) is 13.4 Å². The van der Waals surface area contributed by atoms with Crippen molar-refractivity contribution in [1.29, 1.82) is 0 Å². The van der Waals surface area contributed by atoms with Crippen molar-refractivity contribution >= 4 is 5.97 Å². The van der Waals surface area contributed by atoms with Crippen LogP contribution in [0.15, 0.2) is 12.1 Å². The van der Waals surface area contributed by atoms with E-state index in [1.165, 1.54) is 6.07 Å². The van der Waals surface area contributed by atoms with Crippen molar-refractivity contribution in [3.8, 4) is 17.2 Å². The molecule has 0 bridgehead atoms. The first kappa shape index (κ1) is 13.5. The first-order chi connectivity index (χ1) is 9.11. The van der Waals surface area contributed by atoms with Crippen LogP contribution < -0.4 is 14.8 Å². The van der Waals surface area contributed by atoms with Crippen LogP contribution in [0, 0.1) is 0 Å². The summed E-state index contributed by atoms with van der Waals surface area (Å²) in [6, 6.07) is 2.77. The molecule has 6 heteroatoms. The van der Waals surface area contributed by atoms with Crippen molar-refractivity contribution in [2.45, 2.75) is 26.4 Å². The molecule has 0 aromatic heterocycles. The minimum absolute atomic E-state index is 0.104. The number of hydrogen-bond donors (Lipinski definition) is 2. The fourth-order valence-electron chi connectivity index (χ4n) is 1.73. The Balaban J connectivity index is 1.98. The van der Waals surface area contributed by atoms with Crippen LogP contribution in [0.3, 0.4) is 0 Å². The summed E-state index contributed by atoms with van der Waals surface area (Å²) in [6.45, 7) is 4.31. The lowest BCUT2D eigenvalue weighted by molar-refractivity contribution is -0.145. The Morgan fingerprint density at radius 1 is 1.47 bits per heavy atom. The normalized spacial score (nSPS) is 14.2. The fourth-order valence-corrected chi connectivity index (χ4v) is 1.73. The van der Waals surface area contributed by atoms with Gasteiger partial charge in [-0.3, -0.25) is 4.79 Å². The van der Waals surface area contributed by atoms with Gasteiger partial charge in [-0.15, -0.1) is 0 Å². The Kier molecular flexibility index (Phi) is 4.11. The zero-order valence-corrected chi connectivity index (χ0v) is 10.9. The summed E-state index contributed by atoms with van der Waals surface area (Å²) in [6.07, 6.45) is 0. The van der Waals surface area contributed by atoms with Crippen LogP contribution in [0.4, 0.5) is 0 Å². The lowest BCUT2D eigenvalue weighted by Gasteiger charge is -2.13. The van der Waals surface area contributed by atoms with E-state index in [1.54, 1.807) is 19.9 Å². The molecule has 1 aromatic rings. The van der Waals surface area contributed by atoms with E-state index >= 15 is 0 Å². The van der Waals surface area contributed by atoms with E-state index < -0.39 is 6.04 Å². The molecule has 0 radical (unpaired) electrons. The molecule has 1 heterocycles. The Labute approximate surface area is 111 Å². The number of phenolic OH excluding ortho intramolecular Hbond substituents is 1. The number of carbonyl (C=O) groups excluding carboxylic acids is 1. The predicted molar refractivity (Wildman–Crippen MR) is 67.2 cm³/mol. The molecule has 1 aromatic carbocycles. The van der Waals surface area contributed by atoms with Gasteiger partial charge in [0.25, 0.3) is 0 Å². The molecule has 1 unspecified atom stereocenters. The van der Waals surface area contributed by atoms with Gasteiger partial charge in [0, 0.05) is 18.2 Å². The van der Waals surface area contributed by atoms with E-state index in [0.717, 1.165) is 0 Å². The van der Waals surface area contributed by atoms with E-state index in [0.29, 0.717) is 30.2 Å². The molecule has 19 heavy (non-hydrogen) atoms. The van der Waals surface area contributed by atoms with Gasteiger partial charge in [-0.25, -0.2) is 0 Å². The van der Waals surface area contributed by atoms with Crippen molar-refractivity contribution in [3.63, 3.8) is 0 Å². The largest absolute Gasteiger partial charge is 0.507 e. The zero-order valence-electron chi connectivity index (χ0n) is 10.9. The molecular formula is C13H17NO5. The first-order valence-electron chi connectivity index (χ1n) is 6.13. The Hall–Kier alpha value is -1.95. The van der Waals surface area contributed by atoms with Crippen LogP contribution in [0.2, 0.25) is 0 Å². The highest BCUT2D eigenvalue weighted by molar-refractivity contribution is 5.75. The number of aromatic hydroxyl groups is 1. The number of fused-ring (bicyclic) bond motifs is 1. The average molecular weight is 267 g/mol. The second-order valence-corrected chi connectivity index (χ2v) is 4.19. The summed E-state index contributed by atoms with van der Waals surface area (Å²) < 4.78 is 15.3. The van der Waals surface area contributed by atoms with Gasteiger partial charge in [-0.2, -0.15) is 0 Å². The van der Waals surface area contributed by atoms with Gasteiger partial charge in [-0.05, 0) is 19.9 Å². The lowest BCUT2D eigenvalue weighted by Crippen LogP contribution is -2.34. The SMILES string of the molecule is CCOC(=O)C(C)NCc1cc2c(cc1O)OCO2. The molecule has 1 aliphatic rings. The molecule has 0 spiro atoms. The van der Waals surface area contributed by atoms with Gasteiger partial charge in [0.15, 0.2) is 11.5 Å². The highest BCUT2D eigenvalue weighted by Gasteiger charge is 2.18. The molecule has 6 nitrogen and oxygen atoms in total. The van der Waals surface area contributed by atoms with E-state index in [9.17, 15) is 9.90 Å². The van der Waals surface area contributed by atoms with Crippen LogP contribution >= 0.6 is 0 Å². The Bertz CT molecular complexity index is 474. The molecule has 0 fully saturated rings. The Morgan fingerprint density at radius 2 is 2.16 bits per heavy atom. The first-order valence-corrected chi connectivity index (χ1v) is 6.13. The van der Waals surface area contributed by atoms with E-state index in [-0.39, 0.29) is 18.5 Å². The minimum Gasteiger partial charge on any atom is -0.507 e. The second kappa shape index (κ2) is 5.79. The number of esters is 1. The number of rotatable bonds is 5. The standard InChI is InChI=1S/C13H17NO5/c1-3-17-13(16)8(2)14-6-9-4-11-12(5-10(9)15)19-7-18-11/h4-5,8,14-15H,3,6-7H2,1-2H3. The topological polar surface area (TPSA) is 77.0 Å². The summed E-state index contributed by atoms with van der Waals surface area (Å²) in [5.41, 5.74) is 0.639. The van der Waals surface area contributed by atoms with Gasteiger partial charge >= 0.3 is 5.97 Å². The number of benzene rings is 1. The van der Waals surface area contributed by atoms with Crippen molar-refractivity contribution < 1.29 is 24.1 Å². The van der Waals surface area contributed by atoms with Gasteiger partial charge in [-0.1, -0.05) is 0 Å². The van der Waals surface area contributed by atoms with Crippen LogP contribution in [-0.2, 0) is 16.1 Å². The maximum absolute atomic E-state index is 11.4. The molecule has 0 saturated heterocycles. The number of carbonyl (C=O) groups is 1. The van der Waals surface area contributed by atoms with Gasteiger partial charge < -0.3 is 24.6 Å². The number of phenols is 1. The van der Waals surface area contributed by atoms with Crippen LogP contribution in [0.5, 0.6) is 17.2 Å². The minimum atomic E-state index is -0.440. The average Bonchev–Trinajstić information content (AvgIpc) is 2.82. The molecule has 2 rings (SSSR count). The number of hydrogen-bond acceptors (Lipinski definition) is 6. The smallest absolute Gasteiger partial charge is 0.322 e. The molecule has 0 aliphatic carbocycles. The second-order valence-electron chi connectivity index (χ2n) is 4.19. The van der Waals surface area contributed by atoms with E-state index in [2.05, 4.69) is 5.32 Å². The molecule has 1 atom stereocenters. The highest BCUT2D eigenvalue weighted by atomic mass is 16.7. The van der Waals surface area contributed by atoms with E-state index in [1.807, 2.05) is 0 Å². The molecule has 2 N–H and O–H groups in total. The lowest BCUT2D eigenvalue weighted by atomic mass is 10.1. The molecular weight excluding hydrogens is 250 g/mol. The van der Waals surface area contributed by atoms with E-state index in [4.69, 9.17) is 14.2 Å². The summed E-state index contributed by atoms with van der Waals surface area (Å²) >= 11 is 0. The molecule has 104 valence electrons. The molecule has 1 aliphatic heterocycles. The summed E-state index contributed by atoms with van der Waals surface area (Å²) in [4.78, 5) is 11.4. The third-order valence-electron chi connectivity index (χ3n) is 2.81. The van der Waals surface area contributed by atoms with Gasteiger partial charge in [0.05, 0.1) is 6.61 Å². The molecule has 0 amide bonds. The number of nitrogens with one attached hydrogen (secondary N) is 1. The summed E-state index contributed by atoms with van der Waals surface area (Å²) in [7, 11) is 0. The monoisotopic (exact) mass is 267 g/mol. The summed E-state index contributed by atoms with van der Waals surface area (Å²) in [5, 5.41) is 12.8. The van der Waals surface area contributed by atoms with Crippen LogP contribution in [0.1, 0.15) is 19.4 Å². The van der Waals surface area contributed by atoms with Crippen LogP contribution in [0.25, 0.3) is 0 Å². The fraction of sp³-hybridized carbons (Fsp3) is 0.462. The predicted octanol–water partition coefficient (Wildman–Crippen LogP) is 1.16.